The van der Waals surface area contributed by atoms with Gasteiger partial charge in [0, 0.05) is 21.5 Å². The molecule has 3 nitrogen and oxygen atoms in total. The van der Waals surface area contributed by atoms with E-state index >= 15 is 0 Å². The van der Waals surface area contributed by atoms with Crippen molar-refractivity contribution >= 4 is 33.2 Å². The molecule has 0 saturated heterocycles. The highest BCUT2D eigenvalue weighted by molar-refractivity contribution is 9.10. The molecular weight excluding hydrogens is 384 g/mol. The van der Waals surface area contributed by atoms with Crippen LogP contribution in [0.25, 0.3) is 11.3 Å². The van der Waals surface area contributed by atoms with Crippen LogP contribution in [0, 0.1) is 6.92 Å². The zero-order valence-corrected chi connectivity index (χ0v) is 15.9. The third-order valence-electron chi connectivity index (χ3n) is 3.71. The number of aromatic nitrogens is 1. The Bertz CT molecular complexity index is 942. The van der Waals surface area contributed by atoms with Crippen molar-refractivity contribution in [3.05, 3.63) is 74.3 Å². The van der Waals surface area contributed by atoms with E-state index in [1.807, 2.05) is 30.3 Å². The third kappa shape index (κ3) is 3.42. The number of carbonyl (C=O) groups is 1. The zero-order valence-electron chi connectivity index (χ0n) is 13.5. The minimum Gasteiger partial charge on any atom is -0.316 e. The third-order valence-corrected chi connectivity index (χ3v) is 5.20. The van der Waals surface area contributed by atoms with E-state index in [4.69, 9.17) is 0 Å². The van der Waals surface area contributed by atoms with Crippen LogP contribution in [0.15, 0.2) is 64.1 Å². The van der Waals surface area contributed by atoms with Crippen molar-refractivity contribution < 1.29 is 4.79 Å². The molecule has 2 aromatic carbocycles. The smallest absolute Gasteiger partial charge is 0.279 e. The highest BCUT2D eigenvalue weighted by atomic mass is 79.9. The van der Waals surface area contributed by atoms with Gasteiger partial charge in [-0.25, -0.2) is 0 Å². The van der Waals surface area contributed by atoms with E-state index in [2.05, 4.69) is 51.5 Å². The molecule has 0 atom stereocenters. The largest absolute Gasteiger partial charge is 0.316 e. The van der Waals surface area contributed by atoms with Gasteiger partial charge in [0.15, 0.2) is 4.80 Å². The van der Waals surface area contributed by atoms with E-state index in [0.717, 1.165) is 32.0 Å². The Balaban J connectivity index is 2.11. The first-order valence-electron chi connectivity index (χ1n) is 7.70. The Labute approximate surface area is 153 Å². The summed E-state index contributed by atoms with van der Waals surface area (Å²) in [6, 6.07) is 17.5. The van der Waals surface area contributed by atoms with Gasteiger partial charge in [-0.05, 0) is 37.6 Å². The van der Waals surface area contributed by atoms with Crippen LogP contribution >= 0.6 is 27.3 Å². The first-order valence-corrected chi connectivity index (χ1v) is 9.31. The van der Waals surface area contributed by atoms with Crippen molar-refractivity contribution in [2.24, 2.45) is 4.99 Å². The van der Waals surface area contributed by atoms with Crippen LogP contribution in [-0.4, -0.2) is 10.5 Å². The second-order valence-electron chi connectivity index (χ2n) is 5.33. The van der Waals surface area contributed by atoms with Crippen LogP contribution in [0.3, 0.4) is 0 Å². The first-order chi connectivity index (χ1) is 11.6. The second-order valence-corrected chi connectivity index (χ2v) is 7.42. The van der Waals surface area contributed by atoms with Crippen molar-refractivity contribution in [2.75, 3.05) is 0 Å². The van der Waals surface area contributed by atoms with Gasteiger partial charge in [0.25, 0.3) is 5.91 Å². The maximum Gasteiger partial charge on any atom is 0.279 e. The predicted molar refractivity (Wildman–Crippen MR) is 102 cm³/mol. The van der Waals surface area contributed by atoms with Gasteiger partial charge in [0.05, 0.1) is 5.69 Å². The number of rotatable bonds is 3. The zero-order chi connectivity index (χ0) is 17.1. The molecule has 1 aromatic heterocycles. The van der Waals surface area contributed by atoms with Crippen molar-refractivity contribution in [1.82, 2.24) is 4.57 Å². The lowest BCUT2D eigenvalue weighted by Crippen LogP contribution is -2.17. The summed E-state index contributed by atoms with van der Waals surface area (Å²) >= 11 is 4.95. The standard InChI is InChI=1S/C19H17BrN2OS/c1-3-22-17(14-8-5-4-6-9-14)13(2)24-19(22)21-18(23)15-10-7-11-16(20)12-15/h4-12H,3H2,1-2H3. The molecule has 0 aliphatic heterocycles. The molecule has 0 saturated carbocycles. The quantitative estimate of drug-likeness (QED) is 0.605. The molecule has 1 amide bonds. The van der Waals surface area contributed by atoms with Crippen LogP contribution in [0.2, 0.25) is 0 Å². The molecule has 0 radical (unpaired) electrons. The number of hydrogen-bond donors (Lipinski definition) is 0. The van der Waals surface area contributed by atoms with E-state index in [1.165, 1.54) is 0 Å². The van der Waals surface area contributed by atoms with Crippen LogP contribution in [-0.2, 0) is 6.54 Å². The van der Waals surface area contributed by atoms with Gasteiger partial charge >= 0.3 is 0 Å². The van der Waals surface area contributed by atoms with Crippen molar-refractivity contribution in [2.45, 2.75) is 20.4 Å². The van der Waals surface area contributed by atoms with Gasteiger partial charge in [-0.2, -0.15) is 4.99 Å². The van der Waals surface area contributed by atoms with Crippen LogP contribution < -0.4 is 4.80 Å². The van der Waals surface area contributed by atoms with Gasteiger partial charge < -0.3 is 4.57 Å². The number of aryl methyl sites for hydroxylation is 1. The number of amides is 1. The molecule has 0 fully saturated rings. The summed E-state index contributed by atoms with van der Waals surface area (Å²) in [7, 11) is 0. The molecule has 3 rings (SSSR count). The normalized spacial score (nSPS) is 11.7. The van der Waals surface area contributed by atoms with Gasteiger partial charge in [0.1, 0.15) is 0 Å². The average Bonchev–Trinajstić information content (AvgIpc) is 2.90. The van der Waals surface area contributed by atoms with Gasteiger partial charge in [-0.1, -0.05) is 52.3 Å². The fourth-order valence-electron chi connectivity index (χ4n) is 2.63. The van der Waals surface area contributed by atoms with Gasteiger partial charge in [-0.15, -0.1) is 11.3 Å². The molecule has 122 valence electrons. The number of nitrogens with zero attached hydrogens (tertiary/aromatic N) is 2. The summed E-state index contributed by atoms with van der Waals surface area (Å²) < 4.78 is 2.98. The summed E-state index contributed by atoms with van der Waals surface area (Å²) in [4.78, 5) is 18.8. The number of thiazole rings is 1. The number of benzene rings is 2. The molecule has 3 aromatic rings. The minimum atomic E-state index is -0.223. The van der Waals surface area contributed by atoms with Crippen molar-refractivity contribution in [3.63, 3.8) is 0 Å². The Morgan fingerprint density at radius 3 is 2.58 bits per heavy atom. The summed E-state index contributed by atoms with van der Waals surface area (Å²) in [5, 5.41) is 0. The Hall–Kier alpha value is -1.98. The molecule has 0 N–H and O–H groups in total. The summed E-state index contributed by atoms with van der Waals surface area (Å²) in [6.07, 6.45) is 0. The number of hydrogen-bond acceptors (Lipinski definition) is 2. The molecule has 0 aliphatic rings. The van der Waals surface area contributed by atoms with Crippen LogP contribution in [0.4, 0.5) is 0 Å². The van der Waals surface area contributed by atoms with E-state index in [9.17, 15) is 4.79 Å². The monoisotopic (exact) mass is 400 g/mol. The number of halogens is 1. The lowest BCUT2D eigenvalue weighted by atomic mass is 10.1. The average molecular weight is 401 g/mol. The van der Waals surface area contributed by atoms with E-state index < -0.39 is 0 Å². The van der Waals surface area contributed by atoms with Crippen molar-refractivity contribution in [1.29, 1.82) is 0 Å². The van der Waals surface area contributed by atoms with Crippen LogP contribution in [0.1, 0.15) is 22.2 Å². The molecule has 0 unspecified atom stereocenters. The summed E-state index contributed by atoms with van der Waals surface area (Å²) in [6.45, 7) is 4.90. The molecule has 0 spiro atoms. The minimum absolute atomic E-state index is 0.223. The van der Waals surface area contributed by atoms with Crippen LogP contribution in [0.5, 0.6) is 0 Å². The van der Waals surface area contributed by atoms with E-state index in [-0.39, 0.29) is 5.91 Å². The molecule has 24 heavy (non-hydrogen) atoms. The van der Waals surface area contributed by atoms with Gasteiger partial charge in [-0.3, -0.25) is 4.79 Å². The first kappa shape index (κ1) is 16.9. The maximum atomic E-state index is 12.5. The summed E-state index contributed by atoms with van der Waals surface area (Å²) in [5.74, 6) is -0.223. The van der Waals surface area contributed by atoms with Gasteiger partial charge in [0.2, 0.25) is 0 Å². The Kier molecular flexibility index (Phi) is 5.11. The number of carbonyl (C=O) groups excluding carboxylic acids is 1. The molecule has 0 bridgehead atoms. The van der Waals surface area contributed by atoms with E-state index in [0.29, 0.717) is 5.56 Å². The SMILES string of the molecule is CCn1c(-c2ccccc2)c(C)sc1=NC(=O)c1cccc(Br)c1. The predicted octanol–water partition coefficient (Wildman–Crippen LogP) is 5.05. The summed E-state index contributed by atoms with van der Waals surface area (Å²) in [5.41, 5.74) is 2.85. The molecule has 0 aliphatic carbocycles. The molecular formula is C19H17BrN2OS. The van der Waals surface area contributed by atoms with Crippen molar-refractivity contribution in [3.8, 4) is 11.3 Å². The highest BCUT2D eigenvalue weighted by Crippen LogP contribution is 2.25. The lowest BCUT2D eigenvalue weighted by Gasteiger charge is -2.07. The highest BCUT2D eigenvalue weighted by Gasteiger charge is 2.13. The fourth-order valence-corrected chi connectivity index (χ4v) is 4.09. The fraction of sp³-hybridized carbons (Fsp3) is 0.158. The Morgan fingerprint density at radius 2 is 1.92 bits per heavy atom. The maximum absolute atomic E-state index is 12.5. The Morgan fingerprint density at radius 1 is 1.17 bits per heavy atom. The van der Waals surface area contributed by atoms with E-state index in [1.54, 1.807) is 23.5 Å². The lowest BCUT2D eigenvalue weighted by molar-refractivity contribution is 0.0997. The second kappa shape index (κ2) is 7.28. The topological polar surface area (TPSA) is 34.4 Å². The molecule has 1 heterocycles. The molecule has 5 heteroatoms.